The summed E-state index contributed by atoms with van der Waals surface area (Å²) in [7, 11) is 0. The molecule has 0 spiro atoms. The van der Waals surface area contributed by atoms with Gasteiger partial charge in [-0.25, -0.2) is 14.5 Å². The molecule has 0 aromatic heterocycles. The van der Waals surface area contributed by atoms with Gasteiger partial charge in [-0.05, 0) is 12.8 Å². The number of aldehydes is 1. The standard InChI is InChI=1S/C10H17NO5/c1-2-3-8-16-10(15)11(9(13)14)6-4-5-7-12/h7H,2-6,8H2,1H3,(H,13,14). The van der Waals surface area contributed by atoms with Crippen LogP contribution in [0.3, 0.4) is 0 Å². The molecule has 0 aromatic carbocycles. The van der Waals surface area contributed by atoms with Gasteiger partial charge in [-0.1, -0.05) is 13.3 Å². The lowest BCUT2D eigenvalue weighted by molar-refractivity contribution is -0.108. The van der Waals surface area contributed by atoms with Crippen molar-refractivity contribution < 1.29 is 24.2 Å². The highest BCUT2D eigenvalue weighted by Gasteiger charge is 2.21. The number of carbonyl (C=O) groups excluding carboxylic acids is 2. The van der Waals surface area contributed by atoms with E-state index in [1.54, 1.807) is 0 Å². The van der Waals surface area contributed by atoms with E-state index in [2.05, 4.69) is 0 Å². The maximum Gasteiger partial charge on any atom is 0.419 e. The predicted octanol–water partition coefficient (Wildman–Crippen LogP) is 1.88. The number of hydrogen-bond donors (Lipinski definition) is 1. The second-order valence-corrected chi connectivity index (χ2v) is 3.21. The number of amides is 2. The lowest BCUT2D eigenvalue weighted by Crippen LogP contribution is -2.37. The largest absolute Gasteiger partial charge is 0.465 e. The van der Waals surface area contributed by atoms with E-state index in [1.807, 2.05) is 6.92 Å². The molecule has 0 saturated carbocycles. The van der Waals surface area contributed by atoms with Crippen molar-refractivity contribution in [1.29, 1.82) is 0 Å². The van der Waals surface area contributed by atoms with E-state index in [4.69, 9.17) is 9.84 Å². The van der Waals surface area contributed by atoms with Crippen molar-refractivity contribution in [3.05, 3.63) is 0 Å². The molecule has 1 N–H and O–H groups in total. The highest BCUT2D eigenvalue weighted by atomic mass is 16.6. The quantitative estimate of drug-likeness (QED) is 0.534. The van der Waals surface area contributed by atoms with Gasteiger partial charge in [0, 0.05) is 13.0 Å². The van der Waals surface area contributed by atoms with E-state index in [-0.39, 0.29) is 19.6 Å². The fourth-order valence-corrected chi connectivity index (χ4v) is 0.979. The van der Waals surface area contributed by atoms with Gasteiger partial charge in [-0.3, -0.25) is 0 Å². The van der Waals surface area contributed by atoms with Gasteiger partial charge >= 0.3 is 12.2 Å². The number of carbonyl (C=O) groups is 3. The van der Waals surface area contributed by atoms with Crippen LogP contribution in [0.1, 0.15) is 32.6 Å². The molecule has 0 aliphatic heterocycles. The molecule has 6 heteroatoms. The van der Waals surface area contributed by atoms with Crippen LogP contribution in [0.4, 0.5) is 9.59 Å². The van der Waals surface area contributed by atoms with Crippen molar-refractivity contribution in [2.75, 3.05) is 13.2 Å². The Morgan fingerprint density at radius 2 is 2.06 bits per heavy atom. The number of unbranched alkanes of at least 4 members (excludes halogenated alkanes) is 2. The van der Waals surface area contributed by atoms with Gasteiger partial charge in [-0.15, -0.1) is 0 Å². The Hall–Kier alpha value is -1.59. The highest BCUT2D eigenvalue weighted by molar-refractivity contribution is 5.86. The van der Waals surface area contributed by atoms with Gasteiger partial charge < -0.3 is 14.6 Å². The predicted molar refractivity (Wildman–Crippen MR) is 56.3 cm³/mol. The average Bonchev–Trinajstić information content (AvgIpc) is 2.24. The first kappa shape index (κ1) is 14.4. The summed E-state index contributed by atoms with van der Waals surface area (Å²) >= 11 is 0. The van der Waals surface area contributed by atoms with Gasteiger partial charge in [-0.2, -0.15) is 0 Å². The van der Waals surface area contributed by atoms with Crippen molar-refractivity contribution in [2.24, 2.45) is 0 Å². The van der Waals surface area contributed by atoms with Crippen LogP contribution in [-0.2, 0) is 9.53 Å². The summed E-state index contributed by atoms with van der Waals surface area (Å²) in [5.74, 6) is 0. The number of rotatable bonds is 7. The van der Waals surface area contributed by atoms with Gasteiger partial charge in [0.25, 0.3) is 0 Å². The Labute approximate surface area is 94.2 Å². The van der Waals surface area contributed by atoms with Crippen LogP contribution in [0.5, 0.6) is 0 Å². The minimum atomic E-state index is -1.35. The van der Waals surface area contributed by atoms with Crippen molar-refractivity contribution >= 4 is 18.5 Å². The Bertz CT molecular complexity index is 241. The minimum Gasteiger partial charge on any atom is -0.465 e. The van der Waals surface area contributed by atoms with Gasteiger partial charge in [0.15, 0.2) is 0 Å². The zero-order valence-corrected chi connectivity index (χ0v) is 9.35. The third kappa shape index (κ3) is 6.00. The molecular formula is C10H17NO5. The number of ether oxygens (including phenoxy) is 1. The summed E-state index contributed by atoms with van der Waals surface area (Å²) in [4.78, 5) is 32.6. The molecule has 16 heavy (non-hydrogen) atoms. The van der Waals surface area contributed by atoms with Crippen LogP contribution in [0.25, 0.3) is 0 Å². The molecule has 0 aromatic rings. The van der Waals surface area contributed by atoms with E-state index in [0.29, 0.717) is 24.0 Å². The second-order valence-electron chi connectivity index (χ2n) is 3.21. The molecule has 0 saturated heterocycles. The molecule has 0 radical (unpaired) electrons. The maximum atomic E-state index is 11.3. The fourth-order valence-electron chi connectivity index (χ4n) is 0.979. The van der Waals surface area contributed by atoms with Crippen LogP contribution in [0, 0.1) is 0 Å². The summed E-state index contributed by atoms with van der Waals surface area (Å²) in [5.41, 5.74) is 0. The molecule has 0 aliphatic rings. The lowest BCUT2D eigenvalue weighted by Gasteiger charge is -2.16. The van der Waals surface area contributed by atoms with E-state index in [1.165, 1.54) is 0 Å². The third-order valence-corrected chi connectivity index (χ3v) is 1.88. The number of hydrogen-bond acceptors (Lipinski definition) is 4. The number of carboxylic acid groups (broad SMARTS) is 1. The SMILES string of the molecule is CCCCOC(=O)N(CCCC=O)C(=O)O. The summed E-state index contributed by atoms with van der Waals surface area (Å²) < 4.78 is 4.75. The number of imide groups is 1. The summed E-state index contributed by atoms with van der Waals surface area (Å²) in [6, 6.07) is 0. The Balaban J connectivity index is 4.03. The van der Waals surface area contributed by atoms with E-state index < -0.39 is 12.2 Å². The normalized spacial score (nSPS) is 9.56. The van der Waals surface area contributed by atoms with Crippen LogP contribution < -0.4 is 0 Å². The number of nitrogens with zero attached hydrogens (tertiary/aromatic N) is 1. The van der Waals surface area contributed by atoms with Crippen LogP contribution in [0.2, 0.25) is 0 Å². The molecule has 0 heterocycles. The third-order valence-electron chi connectivity index (χ3n) is 1.88. The van der Waals surface area contributed by atoms with Crippen LogP contribution >= 0.6 is 0 Å². The summed E-state index contributed by atoms with van der Waals surface area (Å²) in [6.07, 6.45) is 0.575. The molecule has 0 unspecified atom stereocenters. The van der Waals surface area contributed by atoms with Crippen LogP contribution in [0.15, 0.2) is 0 Å². The Morgan fingerprint density at radius 3 is 2.56 bits per heavy atom. The molecular weight excluding hydrogens is 214 g/mol. The maximum absolute atomic E-state index is 11.3. The molecule has 2 amide bonds. The zero-order valence-electron chi connectivity index (χ0n) is 9.35. The lowest BCUT2D eigenvalue weighted by atomic mass is 10.3. The molecule has 0 fully saturated rings. The first-order chi connectivity index (χ1) is 7.63. The average molecular weight is 231 g/mol. The second kappa shape index (κ2) is 8.70. The molecule has 0 atom stereocenters. The van der Waals surface area contributed by atoms with Gasteiger partial charge in [0.1, 0.15) is 6.29 Å². The first-order valence-electron chi connectivity index (χ1n) is 5.24. The Kier molecular flexibility index (Phi) is 7.83. The van der Waals surface area contributed by atoms with Gasteiger partial charge in [0.2, 0.25) is 0 Å². The topological polar surface area (TPSA) is 83.9 Å². The minimum absolute atomic E-state index is 0.0148. The molecule has 92 valence electrons. The molecule has 0 rings (SSSR count). The van der Waals surface area contributed by atoms with Crippen molar-refractivity contribution in [1.82, 2.24) is 4.90 Å². The highest BCUT2D eigenvalue weighted by Crippen LogP contribution is 2.00. The summed E-state index contributed by atoms with van der Waals surface area (Å²) in [5, 5.41) is 8.74. The zero-order chi connectivity index (χ0) is 12.4. The van der Waals surface area contributed by atoms with Crippen molar-refractivity contribution in [3.8, 4) is 0 Å². The molecule has 0 bridgehead atoms. The monoisotopic (exact) mass is 231 g/mol. The first-order valence-corrected chi connectivity index (χ1v) is 5.24. The van der Waals surface area contributed by atoms with Crippen LogP contribution in [-0.4, -0.2) is 41.6 Å². The fraction of sp³-hybridized carbons (Fsp3) is 0.700. The van der Waals surface area contributed by atoms with Crippen molar-refractivity contribution in [3.63, 3.8) is 0 Å². The van der Waals surface area contributed by atoms with E-state index in [0.717, 1.165) is 6.42 Å². The smallest absolute Gasteiger partial charge is 0.419 e. The van der Waals surface area contributed by atoms with E-state index >= 15 is 0 Å². The Morgan fingerprint density at radius 1 is 1.38 bits per heavy atom. The summed E-state index contributed by atoms with van der Waals surface area (Å²) in [6.45, 7) is 2.14. The van der Waals surface area contributed by atoms with Crippen molar-refractivity contribution in [2.45, 2.75) is 32.6 Å². The van der Waals surface area contributed by atoms with Gasteiger partial charge in [0.05, 0.1) is 6.61 Å². The molecule has 6 nitrogen and oxygen atoms in total. The van der Waals surface area contributed by atoms with E-state index in [9.17, 15) is 14.4 Å². The molecule has 0 aliphatic carbocycles.